The molecule has 0 spiro atoms. The molecular weight excluding hydrogens is 192 g/mol. The highest BCUT2D eigenvalue weighted by atomic mass is 14.4. The smallest absolute Gasteiger partial charge is 0.0123 e. The van der Waals surface area contributed by atoms with E-state index in [2.05, 4.69) is 36.5 Å². The van der Waals surface area contributed by atoms with Gasteiger partial charge in [0, 0.05) is 11.8 Å². The molecule has 0 radical (unpaired) electrons. The van der Waals surface area contributed by atoms with Crippen molar-refractivity contribution in [3.05, 3.63) is 58.7 Å². The molecule has 4 aliphatic rings. The Morgan fingerprint density at radius 2 is 1.25 bits per heavy atom. The van der Waals surface area contributed by atoms with Crippen LogP contribution in [-0.2, 0) is 0 Å². The highest BCUT2D eigenvalue weighted by molar-refractivity contribution is 5.57. The van der Waals surface area contributed by atoms with Gasteiger partial charge in [-0.25, -0.2) is 0 Å². The molecule has 0 unspecified atom stereocenters. The molecule has 0 aromatic rings. The SMILES string of the molecule is C1=CCC2=C3CC=CC4C=CCC(=C2C1)C34. The fourth-order valence-corrected chi connectivity index (χ4v) is 3.84. The van der Waals surface area contributed by atoms with E-state index >= 15 is 0 Å². The third kappa shape index (κ3) is 1.000. The van der Waals surface area contributed by atoms with Crippen molar-refractivity contribution < 1.29 is 0 Å². The molecule has 0 N–H and O–H groups in total. The van der Waals surface area contributed by atoms with Gasteiger partial charge < -0.3 is 0 Å². The molecule has 0 aromatic carbocycles. The summed E-state index contributed by atoms with van der Waals surface area (Å²) >= 11 is 0. The minimum atomic E-state index is 0.665. The summed E-state index contributed by atoms with van der Waals surface area (Å²) in [6.45, 7) is 0. The first kappa shape index (κ1) is 8.81. The van der Waals surface area contributed by atoms with Crippen LogP contribution < -0.4 is 0 Å². The van der Waals surface area contributed by atoms with Crippen LogP contribution >= 0.6 is 0 Å². The zero-order chi connectivity index (χ0) is 10.5. The summed E-state index contributed by atoms with van der Waals surface area (Å²) in [5.74, 6) is 1.41. The summed E-state index contributed by atoms with van der Waals surface area (Å²) in [6.07, 6.45) is 19.0. The van der Waals surface area contributed by atoms with E-state index in [0.717, 1.165) is 5.92 Å². The van der Waals surface area contributed by atoms with Gasteiger partial charge in [-0.1, -0.05) is 47.6 Å². The molecule has 0 nitrogen and oxygen atoms in total. The first-order valence-corrected chi connectivity index (χ1v) is 6.37. The summed E-state index contributed by atoms with van der Waals surface area (Å²) in [4.78, 5) is 0. The van der Waals surface area contributed by atoms with Gasteiger partial charge in [0.05, 0.1) is 0 Å². The maximum absolute atomic E-state index is 2.41. The third-order valence-electron chi connectivity index (χ3n) is 4.48. The van der Waals surface area contributed by atoms with Crippen molar-refractivity contribution in [2.45, 2.75) is 25.7 Å². The molecular formula is C16H16. The average molecular weight is 208 g/mol. The fraction of sp³-hybridized carbons (Fsp3) is 0.375. The first-order chi connectivity index (χ1) is 7.95. The van der Waals surface area contributed by atoms with E-state index in [1.165, 1.54) is 25.7 Å². The number of hydrogen-bond acceptors (Lipinski definition) is 0. The quantitative estimate of drug-likeness (QED) is 0.526. The molecule has 0 heteroatoms. The molecule has 4 aliphatic carbocycles. The zero-order valence-corrected chi connectivity index (χ0v) is 9.45. The number of rotatable bonds is 0. The maximum atomic E-state index is 2.41. The van der Waals surface area contributed by atoms with Crippen LogP contribution in [0.3, 0.4) is 0 Å². The van der Waals surface area contributed by atoms with E-state index in [1.807, 2.05) is 0 Å². The Bertz CT molecular complexity index is 450. The molecule has 0 aromatic heterocycles. The van der Waals surface area contributed by atoms with Crippen molar-refractivity contribution in [1.29, 1.82) is 0 Å². The molecule has 0 atom stereocenters. The van der Waals surface area contributed by atoms with Crippen LogP contribution in [0.5, 0.6) is 0 Å². The first-order valence-electron chi connectivity index (χ1n) is 6.37. The molecule has 80 valence electrons. The fourth-order valence-electron chi connectivity index (χ4n) is 3.84. The predicted octanol–water partition coefficient (Wildman–Crippen LogP) is 4.10. The lowest BCUT2D eigenvalue weighted by molar-refractivity contribution is 0.557. The Balaban J connectivity index is 1.95. The molecule has 0 heterocycles. The summed E-state index contributed by atoms with van der Waals surface area (Å²) < 4.78 is 0. The van der Waals surface area contributed by atoms with Crippen molar-refractivity contribution in [3.8, 4) is 0 Å². The number of hydrogen-bond donors (Lipinski definition) is 0. The lowest BCUT2D eigenvalue weighted by Crippen LogP contribution is -2.19. The lowest BCUT2D eigenvalue weighted by atomic mass is 9.74. The summed E-state index contributed by atoms with van der Waals surface area (Å²) in [5, 5.41) is 0. The van der Waals surface area contributed by atoms with Gasteiger partial charge in [-0.15, -0.1) is 0 Å². The summed E-state index contributed by atoms with van der Waals surface area (Å²) in [6, 6.07) is 0. The van der Waals surface area contributed by atoms with Crippen LogP contribution in [0.4, 0.5) is 0 Å². The van der Waals surface area contributed by atoms with E-state index in [0.29, 0.717) is 5.92 Å². The molecule has 0 amide bonds. The minimum Gasteiger partial charge on any atom is -0.0838 e. The van der Waals surface area contributed by atoms with Gasteiger partial charge in [0.2, 0.25) is 0 Å². The van der Waals surface area contributed by atoms with Crippen LogP contribution in [0.25, 0.3) is 0 Å². The van der Waals surface area contributed by atoms with Crippen LogP contribution in [0.1, 0.15) is 25.7 Å². The topological polar surface area (TPSA) is 0 Å². The second-order valence-electron chi connectivity index (χ2n) is 5.21. The standard InChI is InChI=1S/C16H16/c1-2-8-13-12(7-1)14-9-3-5-11-6-4-10-15(13)16(11)14/h1-6,11,16H,7-10H2. The van der Waals surface area contributed by atoms with Crippen LogP contribution in [-0.4, -0.2) is 0 Å². The second kappa shape index (κ2) is 3.10. The van der Waals surface area contributed by atoms with Gasteiger partial charge in [-0.05, 0) is 36.8 Å². The normalized spacial score (nSPS) is 34.5. The van der Waals surface area contributed by atoms with E-state index in [4.69, 9.17) is 0 Å². The van der Waals surface area contributed by atoms with E-state index in [-0.39, 0.29) is 0 Å². The number of allylic oxidation sites excluding steroid dienone is 10. The average Bonchev–Trinajstić information content (AvgIpc) is 2.68. The molecule has 0 saturated carbocycles. The van der Waals surface area contributed by atoms with Gasteiger partial charge >= 0.3 is 0 Å². The van der Waals surface area contributed by atoms with Gasteiger partial charge in [-0.2, -0.15) is 0 Å². The van der Waals surface area contributed by atoms with Crippen molar-refractivity contribution in [2.24, 2.45) is 11.8 Å². The predicted molar refractivity (Wildman–Crippen MR) is 66.9 cm³/mol. The number of fused-ring (bicyclic) bond motifs is 1. The second-order valence-corrected chi connectivity index (χ2v) is 5.21. The highest BCUT2D eigenvalue weighted by Gasteiger charge is 2.38. The van der Waals surface area contributed by atoms with Crippen LogP contribution in [0, 0.1) is 11.8 Å². The van der Waals surface area contributed by atoms with Crippen molar-refractivity contribution in [2.75, 3.05) is 0 Å². The summed E-state index contributed by atoms with van der Waals surface area (Å²) in [5.41, 5.74) is 6.87. The van der Waals surface area contributed by atoms with Crippen LogP contribution in [0.2, 0.25) is 0 Å². The Morgan fingerprint density at radius 3 is 1.81 bits per heavy atom. The lowest BCUT2D eigenvalue weighted by Gasteiger charge is -2.30. The van der Waals surface area contributed by atoms with Gasteiger partial charge in [0.1, 0.15) is 0 Å². The van der Waals surface area contributed by atoms with Gasteiger partial charge in [0.15, 0.2) is 0 Å². The Morgan fingerprint density at radius 1 is 0.688 bits per heavy atom. The summed E-state index contributed by atoms with van der Waals surface area (Å²) in [7, 11) is 0. The van der Waals surface area contributed by atoms with Crippen molar-refractivity contribution in [1.82, 2.24) is 0 Å². The Hall–Kier alpha value is -1.30. The van der Waals surface area contributed by atoms with Crippen molar-refractivity contribution >= 4 is 0 Å². The highest BCUT2D eigenvalue weighted by Crippen LogP contribution is 2.52. The third-order valence-corrected chi connectivity index (χ3v) is 4.48. The van der Waals surface area contributed by atoms with Crippen LogP contribution in [0.15, 0.2) is 58.7 Å². The van der Waals surface area contributed by atoms with Gasteiger partial charge in [-0.3, -0.25) is 0 Å². The maximum Gasteiger partial charge on any atom is 0.0123 e. The Labute approximate surface area is 96.7 Å². The minimum absolute atomic E-state index is 0.665. The molecule has 0 fully saturated rings. The zero-order valence-electron chi connectivity index (χ0n) is 9.45. The van der Waals surface area contributed by atoms with E-state index in [1.54, 1.807) is 22.3 Å². The molecule has 0 aliphatic heterocycles. The largest absolute Gasteiger partial charge is 0.0838 e. The van der Waals surface area contributed by atoms with E-state index in [9.17, 15) is 0 Å². The molecule has 0 bridgehead atoms. The molecule has 0 saturated heterocycles. The molecule has 4 rings (SSSR count). The monoisotopic (exact) mass is 208 g/mol. The van der Waals surface area contributed by atoms with Crippen molar-refractivity contribution in [3.63, 3.8) is 0 Å². The molecule has 16 heavy (non-hydrogen) atoms. The van der Waals surface area contributed by atoms with Gasteiger partial charge in [0.25, 0.3) is 0 Å². The Kier molecular flexibility index (Phi) is 1.71. The van der Waals surface area contributed by atoms with E-state index < -0.39 is 0 Å².